The molecule has 0 saturated heterocycles. The van der Waals surface area contributed by atoms with Gasteiger partial charge < -0.3 is 15.0 Å². The summed E-state index contributed by atoms with van der Waals surface area (Å²) in [5.74, 6) is 1.72. The van der Waals surface area contributed by atoms with E-state index in [0.29, 0.717) is 19.8 Å². The van der Waals surface area contributed by atoms with Gasteiger partial charge in [-0.2, -0.15) is 0 Å². The van der Waals surface area contributed by atoms with Gasteiger partial charge in [0.2, 0.25) is 0 Å². The van der Waals surface area contributed by atoms with E-state index in [1.807, 2.05) is 18.5 Å². The van der Waals surface area contributed by atoms with Crippen molar-refractivity contribution in [2.75, 3.05) is 13.2 Å². The van der Waals surface area contributed by atoms with Crippen LogP contribution in [0.25, 0.3) is 0 Å². The normalized spacial score (nSPS) is 10.6. The van der Waals surface area contributed by atoms with Crippen molar-refractivity contribution in [1.82, 2.24) is 14.8 Å². The second-order valence-corrected chi connectivity index (χ2v) is 2.56. The maximum Gasteiger partial charge on any atom is 0.158 e. The highest BCUT2D eigenvalue weighted by atomic mass is 16.5. The summed E-state index contributed by atoms with van der Waals surface area (Å²) >= 11 is 0. The molecule has 0 saturated carbocycles. The van der Waals surface area contributed by atoms with Gasteiger partial charge in [-0.1, -0.05) is 0 Å². The average molecular weight is 170 g/mol. The maximum atomic E-state index is 5.27. The molecule has 1 aromatic heterocycles. The fourth-order valence-electron chi connectivity index (χ4n) is 0.823. The van der Waals surface area contributed by atoms with E-state index in [4.69, 9.17) is 10.5 Å². The zero-order valence-corrected chi connectivity index (χ0v) is 7.45. The van der Waals surface area contributed by atoms with E-state index in [9.17, 15) is 0 Å². The molecule has 2 N–H and O–H groups in total. The molecule has 0 aliphatic heterocycles. The Labute approximate surface area is 71.5 Å². The lowest BCUT2D eigenvalue weighted by Gasteiger charge is -2.01. The summed E-state index contributed by atoms with van der Waals surface area (Å²) < 4.78 is 7.11. The molecule has 0 spiro atoms. The quantitative estimate of drug-likeness (QED) is 0.624. The fourth-order valence-corrected chi connectivity index (χ4v) is 0.823. The van der Waals surface area contributed by atoms with Gasteiger partial charge in [0.15, 0.2) is 5.82 Å². The van der Waals surface area contributed by atoms with Crippen molar-refractivity contribution in [3.05, 3.63) is 11.6 Å². The number of rotatable bonds is 4. The van der Waals surface area contributed by atoms with Crippen LogP contribution in [0.1, 0.15) is 11.6 Å². The Balaban J connectivity index is 2.46. The first kappa shape index (κ1) is 9.15. The first-order valence-corrected chi connectivity index (χ1v) is 3.88. The smallest absolute Gasteiger partial charge is 0.158 e. The summed E-state index contributed by atoms with van der Waals surface area (Å²) in [6.07, 6.45) is 0. The van der Waals surface area contributed by atoms with Crippen molar-refractivity contribution in [3.63, 3.8) is 0 Å². The number of hydrogen-bond donors (Lipinski definition) is 1. The molecule has 5 nitrogen and oxygen atoms in total. The average Bonchev–Trinajstić information content (AvgIpc) is 2.36. The lowest BCUT2D eigenvalue weighted by molar-refractivity contribution is 0.120. The van der Waals surface area contributed by atoms with Gasteiger partial charge >= 0.3 is 0 Å². The van der Waals surface area contributed by atoms with E-state index in [0.717, 1.165) is 11.6 Å². The van der Waals surface area contributed by atoms with Crippen LogP contribution in [0.5, 0.6) is 0 Å². The van der Waals surface area contributed by atoms with Crippen molar-refractivity contribution in [1.29, 1.82) is 0 Å². The minimum Gasteiger partial charge on any atom is -0.372 e. The van der Waals surface area contributed by atoms with E-state index in [2.05, 4.69) is 10.2 Å². The second kappa shape index (κ2) is 4.18. The molecule has 0 radical (unpaired) electrons. The number of hydrogen-bond acceptors (Lipinski definition) is 4. The SMILES string of the molecule is Cc1nnc(COCCN)n1C. The Morgan fingerprint density at radius 3 is 2.75 bits per heavy atom. The number of aryl methyl sites for hydroxylation is 1. The summed E-state index contributed by atoms with van der Waals surface area (Å²) in [5.41, 5.74) is 5.27. The summed E-state index contributed by atoms with van der Waals surface area (Å²) in [6, 6.07) is 0. The van der Waals surface area contributed by atoms with Crippen molar-refractivity contribution >= 4 is 0 Å². The number of nitrogens with zero attached hydrogens (tertiary/aromatic N) is 3. The molecule has 0 fully saturated rings. The standard InChI is InChI=1S/C7H14N4O/c1-6-9-10-7(11(6)2)5-12-4-3-8/h3-5,8H2,1-2H3. The van der Waals surface area contributed by atoms with Crippen LogP contribution in [0.2, 0.25) is 0 Å². The third-order valence-corrected chi connectivity index (χ3v) is 1.68. The highest BCUT2D eigenvalue weighted by Gasteiger charge is 2.03. The Morgan fingerprint density at radius 2 is 2.25 bits per heavy atom. The van der Waals surface area contributed by atoms with Crippen LogP contribution < -0.4 is 5.73 Å². The molecule has 68 valence electrons. The van der Waals surface area contributed by atoms with Gasteiger partial charge in [-0.15, -0.1) is 10.2 Å². The molecule has 0 aliphatic rings. The maximum absolute atomic E-state index is 5.27. The van der Waals surface area contributed by atoms with Gasteiger partial charge in [0.25, 0.3) is 0 Å². The zero-order valence-electron chi connectivity index (χ0n) is 7.45. The molecule has 0 atom stereocenters. The summed E-state index contributed by atoms with van der Waals surface area (Å²) in [4.78, 5) is 0. The molecule has 1 aromatic rings. The summed E-state index contributed by atoms with van der Waals surface area (Å²) in [7, 11) is 1.91. The molecular formula is C7H14N4O. The minimum atomic E-state index is 0.481. The van der Waals surface area contributed by atoms with Crippen LogP contribution in [0.4, 0.5) is 0 Å². The Bertz CT molecular complexity index is 246. The lowest BCUT2D eigenvalue weighted by Crippen LogP contribution is -2.10. The predicted molar refractivity (Wildman–Crippen MR) is 44.5 cm³/mol. The molecule has 0 amide bonds. The van der Waals surface area contributed by atoms with E-state index >= 15 is 0 Å². The van der Waals surface area contributed by atoms with Gasteiger partial charge in [-0.3, -0.25) is 0 Å². The molecule has 0 aromatic carbocycles. The topological polar surface area (TPSA) is 66.0 Å². The third-order valence-electron chi connectivity index (χ3n) is 1.68. The lowest BCUT2D eigenvalue weighted by atomic mass is 10.6. The van der Waals surface area contributed by atoms with Crippen molar-refractivity contribution in [2.24, 2.45) is 12.8 Å². The van der Waals surface area contributed by atoms with Crippen molar-refractivity contribution in [2.45, 2.75) is 13.5 Å². The second-order valence-electron chi connectivity index (χ2n) is 2.56. The van der Waals surface area contributed by atoms with Crippen LogP contribution in [0.3, 0.4) is 0 Å². The third kappa shape index (κ3) is 2.02. The molecule has 1 rings (SSSR count). The van der Waals surface area contributed by atoms with Crippen molar-refractivity contribution in [3.8, 4) is 0 Å². The Hall–Kier alpha value is -0.940. The first-order chi connectivity index (χ1) is 5.75. The fraction of sp³-hybridized carbons (Fsp3) is 0.714. The van der Waals surface area contributed by atoms with Gasteiger partial charge in [0.1, 0.15) is 12.4 Å². The largest absolute Gasteiger partial charge is 0.372 e. The molecule has 0 bridgehead atoms. The van der Waals surface area contributed by atoms with Crippen LogP contribution in [-0.4, -0.2) is 27.9 Å². The van der Waals surface area contributed by atoms with Crippen LogP contribution in [-0.2, 0) is 18.4 Å². The highest BCUT2D eigenvalue weighted by Crippen LogP contribution is 1.98. The van der Waals surface area contributed by atoms with Gasteiger partial charge in [-0.25, -0.2) is 0 Å². The molecule has 0 aliphatic carbocycles. The van der Waals surface area contributed by atoms with E-state index in [1.165, 1.54) is 0 Å². The molecule has 0 unspecified atom stereocenters. The molecule has 12 heavy (non-hydrogen) atoms. The number of nitrogens with two attached hydrogens (primary N) is 1. The highest BCUT2D eigenvalue weighted by molar-refractivity contribution is 4.90. The molecule has 1 heterocycles. The summed E-state index contributed by atoms with van der Waals surface area (Å²) in [5, 5.41) is 7.83. The monoisotopic (exact) mass is 170 g/mol. The van der Waals surface area contributed by atoms with Gasteiger partial charge in [-0.05, 0) is 6.92 Å². The van der Waals surface area contributed by atoms with Crippen LogP contribution in [0.15, 0.2) is 0 Å². The van der Waals surface area contributed by atoms with E-state index in [-0.39, 0.29) is 0 Å². The van der Waals surface area contributed by atoms with E-state index < -0.39 is 0 Å². The predicted octanol–water partition coefficient (Wildman–Crippen LogP) is -0.401. The van der Waals surface area contributed by atoms with Crippen molar-refractivity contribution < 1.29 is 4.74 Å². The Morgan fingerprint density at radius 1 is 1.50 bits per heavy atom. The van der Waals surface area contributed by atoms with Gasteiger partial charge in [0.05, 0.1) is 6.61 Å². The number of ether oxygens (including phenoxy) is 1. The minimum absolute atomic E-state index is 0.481. The summed E-state index contributed by atoms with van der Waals surface area (Å²) in [6.45, 7) is 3.48. The number of aromatic nitrogens is 3. The van der Waals surface area contributed by atoms with E-state index in [1.54, 1.807) is 0 Å². The van der Waals surface area contributed by atoms with Gasteiger partial charge in [0, 0.05) is 13.6 Å². The molecule has 5 heteroatoms. The Kier molecular flexibility index (Phi) is 3.19. The first-order valence-electron chi connectivity index (χ1n) is 3.88. The van der Waals surface area contributed by atoms with Crippen LogP contribution in [0, 0.1) is 6.92 Å². The molecular weight excluding hydrogens is 156 g/mol. The zero-order chi connectivity index (χ0) is 8.97. The van der Waals surface area contributed by atoms with Crippen LogP contribution >= 0.6 is 0 Å².